The Bertz CT molecular complexity index is 546. The van der Waals surface area contributed by atoms with Crippen molar-refractivity contribution in [3.05, 3.63) is 23.4 Å². The van der Waals surface area contributed by atoms with Gasteiger partial charge in [0.2, 0.25) is 0 Å². The molecular formula is C16H23N3O2. The number of carboxylic acids is 1. The zero-order chi connectivity index (χ0) is 15.0. The first-order chi connectivity index (χ1) is 10.1. The van der Waals surface area contributed by atoms with Gasteiger partial charge in [-0.15, -0.1) is 0 Å². The maximum atomic E-state index is 11.5. The Morgan fingerprint density at radius 3 is 2.90 bits per heavy atom. The first kappa shape index (κ1) is 14.3. The highest BCUT2D eigenvalue weighted by atomic mass is 16.4. The second-order valence-electron chi connectivity index (χ2n) is 6.27. The monoisotopic (exact) mass is 289 g/mol. The highest BCUT2D eigenvalue weighted by Crippen LogP contribution is 2.29. The summed E-state index contributed by atoms with van der Waals surface area (Å²) in [5.41, 5.74) is 1.19. The van der Waals surface area contributed by atoms with Gasteiger partial charge in [0.15, 0.2) is 0 Å². The van der Waals surface area contributed by atoms with Gasteiger partial charge < -0.3 is 10.0 Å². The Hall–Kier alpha value is -1.62. The highest BCUT2D eigenvalue weighted by Gasteiger charge is 2.35. The minimum absolute atomic E-state index is 0.298. The molecule has 0 aliphatic carbocycles. The van der Waals surface area contributed by atoms with E-state index in [1.807, 2.05) is 6.92 Å². The van der Waals surface area contributed by atoms with Crippen LogP contribution in [0.3, 0.4) is 0 Å². The molecule has 5 nitrogen and oxygen atoms in total. The van der Waals surface area contributed by atoms with Crippen molar-refractivity contribution in [2.45, 2.75) is 45.2 Å². The van der Waals surface area contributed by atoms with Crippen LogP contribution in [0.5, 0.6) is 0 Å². The lowest BCUT2D eigenvalue weighted by atomic mass is 9.97. The average Bonchev–Trinajstić information content (AvgIpc) is 2.46. The summed E-state index contributed by atoms with van der Waals surface area (Å²) in [5.74, 6) is -0.254. The molecule has 114 valence electrons. The highest BCUT2D eigenvalue weighted by molar-refractivity contribution is 5.93. The fourth-order valence-corrected chi connectivity index (χ4v) is 3.58. The van der Waals surface area contributed by atoms with Crippen LogP contribution in [0.1, 0.15) is 42.2 Å². The van der Waals surface area contributed by atoms with Crippen LogP contribution >= 0.6 is 0 Å². The minimum atomic E-state index is -0.893. The van der Waals surface area contributed by atoms with Gasteiger partial charge in [-0.3, -0.25) is 4.90 Å². The molecule has 1 aromatic heterocycles. The summed E-state index contributed by atoms with van der Waals surface area (Å²) in [6, 6.07) is 4.29. The van der Waals surface area contributed by atoms with Gasteiger partial charge in [-0.05, 0) is 45.4 Å². The number of hydrogen-bond donors (Lipinski definition) is 1. The molecule has 1 N–H and O–H groups in total. The molecule has 0 radical (unpaired) electrons. The average molecular weight is 289 g/mol. The van der Waals surface area contributed by atoms with Crippen LogP contribution in [0, 0.1) is 6.92 Å². The minimum Gasteiger partial charge on any atom is -0.478 e. The van der Waals surface area contributed by atoms with Gasteiger partial charge in [-0.25, -0.2) is 9.78 Å². The van der Waals surface area contributed by atoms with Gasteiger partial charge in [0, 0.05) is 30.9 Å². The number of pyridine rings is 1. The van der Waals surface area contributed by atoms with Crippen molar-refractivity contribution in [2.75, 3.05) is 24.5 Å². The lowest BCUT2D eigenvalue weighted by Gasteiger charge is -2.48. The molecule has 2 unspecified atom stereocenters. The second-order valence-corrected chi connectivity index (χ2v) is 6.27. The zero-order valence-corrected chi connectivity index (χ0v) is 12.7. The Labute approximate surface area is 125 Å². The maximum Gasteiger partial charge on any atom is 0.339 e. The van der Waals surface area contributed by atoms with Gasteiger partial charge in [0.25, 0.3) is 0 Å². The van der Waals surface area contributed by atoms with Crippen molar-refractivity contribution in [2.24, 2.45) is 0 Å². The molecule has 5 heteroatoms. The normalized spacial score (nSPS) is 26.5. The summed E-state index contributed by atoms with van der Waals surface area (Å²) in [6.45, 7) is 7.14. The summed E-state index contributed by atoms with van der Waals surface area (Å²) in [5, 5.41) is 9.43. The summed E-state index contributed by atoms with van der Waals surface area (Å²) in [7, 11) is 0. The molecule has 2 atom stereocenters. The first-order valence-electron chi connectivity index (χ1n) is 7.78. The molecule has 0 saturated carbocycles. The second kappa shape index (κ2) is 5.64. The third kappa shape index (κ3) is 2.75. The van der Waals surface area contributed by atoms with E-state index in [0.29, 0.717) is 23.5 Å². The first-order valence-corrected chi connectivity index (χ1v) is 7.78. The van der Waals surface area contributed by atoms with Gasteiger partial charge in [-0.1, -0.05) is 6.42 Å². The molecular weight excluding hydrogens is 266 g/mol. The molecule has 21 heavy (non-hydrogen) atoms. The van der Waals surface area contributed by atoms with E-state index in [1.54, 1.807) is 12.1 Å². The third-order valence-electron chi connectivity index (χ3n) is 4.70. The maximum absolute atomic E-state index is 11.5. The fourth-order valence-electron chi connectivity index (χ4n) is 3.58. The Morgan fingerprint density at radius 1 is 1.33 bits per heavy atom. The van der Waals surface area contributed by atoms with E-state index in [9.17, 15) is 9.90 Å². The van der Waals surface area contributed by atoms with E-state index in [2.05, 4.69) is 21.7 Å². The lowest BCUT2D eigenvalue weighted by Crippen LogP contribution is -2.59. The van der Waals surface area contributed by atoms with Crippen molar-refractivity contribution < 1.29 is 9.90 Å². The number of nitrogens with zero attached hydrogens (tertiary/aromatic N) is 3. The lowest BCUT2D eigenvalue weighted by molar-refractivity contribution is 0.0695. The third-order valence-corrected chi connectivity index (χ3v) is 4.70. The quantitative estimate of drug-likeness (QED) is 0.904. The van der Waals surface area contributed by atoms with Crippen LogP contribution in [0.2, 0.25) is 0 Å². The van der Waals surface area contributed by atoms with Crippen molar-refractivity contribution in [3.8, 4) is 0 Å². The number of carboxylic acid groups (broad SMARTS) is 1. The van der Waals surface area contributed by atoms with Crippen LogP contribution in [0.25, 0.3) is 0 Å². The van der Waals surface area contributed by atoms with Crippen LogP contribution in [0.15, 0.2) is 12.1 Å². The van der Waals surface area contributed by atoms with Crippen LogP contribution in [-0.4, -0.2) is 52.7 Å². The number of aromatic carboxylic acids is 1. The van der Waals surface area contributed by atoms with E-state index in [0.717, 1.165) is 18.8 Å². The van der Waals surface area contributed by atoms with Gasteiger partial charge in [0.05, 0.1) is 0 Å². The number of piperidine rings is 1. The number of hydrogen-bond acceptors (Lipinski definition) is 4. The molecule has 0 bridgehead atoms. The van der Waals surface area contributed by atoms with Gasteiger partial charge in [0.1, 0.15) is 11.4 Å². The van der Waals surface area contributed by atoms with E-state index in [4.69, 9.17) is 0 Å². The zero-order valence-electron chi connectivity index (χ0n) is 12.7. The largest absolute Gasteiger partial charge is 0.478 e. The molecule has 0 amide bonds. The number of fused-ring (bicyclic) bond motifs is 1. The molecule has 0 aromatic carbocycles. The smallest absolute Gasteiger partial charge is 0.339 e. The number of aryl methyl sites for hydroxylation is 1. The summed E-state index contributed by atoms with van der Waals surface area (Å²) < 4.78 is 0. The van der Waals surface area contributed by atoms with Gasteiger partial charge >= 0.3 is 5.97 Å². The molecule has 2 fully saturated rings. The Morgan fingerprint density at radius 2 is 2.14 bits per heavy atom. The number of anilines is 1. The summed E-state index contributed by atoms with van der Waals surface area (Å²) in [6.07, 6.45) is 3.76. The molecule has 1 aromatic rings. The van der Waals surface area contributed by atoms with E-state index in [1.165, 1.54) is 25.8 Å². The molecule has 2 aliphatic rings. The van der Waals surface area contributed by atoms with E-state index in [-0.39, 0.29) is 0 Å². The fraction of sp³-hybridized carbons (Fsp3) is 0.625. The van der Waals surface area contributed by atoms with Gasteiger partial charge in [-0.2, -0.15) is 0 Å². The molecule has 3 heterocycles. The number of carbonyl (C=O) groups is 1. The van der Waals surface area contributed by atoms with Crippen LogP contribution in [0.4, 0.5) is 5.82 Å². The summed E-state index contributed by atoms with van der Waals surface area (Å²) >= 11 is 0. The van der Waals surface area contributed by atoms with Crippen LogP contribution in [-0.2, 0) is 0 Å². The SMILES string of the molecule is Cc1ccc(C(=O)O)c(N2CC3CCCCN3CC2C)n1. The number of piperazine rings is 1. The molecule has 0 spiro atoms. The summed E-state index contributed by atoms with van der Waals surface area (Å²) in [4.78, 5) is 20.8. The molecule has 3 rings (SSSR count). The van der Waals surface area contributed by atoms with Crippen molar-refractivity contribution >= 4 is 11.8 Å². The number of rotatable bonds is 2. The standard InChI is InChI=1S/C16H23N3O2/c1-11-6-7-14(16(20)21)15(17-11)19-10-13-5-3-4-8-18(13)9-12(19)2/h6-7,12-13H,3-5,8-10H2,1-2H3,(H,20,21). The van der Waals surface area contributed by atoms with E-state index >= 15 is 0 Å². The predicted octanol–water partition coefficient (Wildman–Crippen LogP) is 2.15. The van der Waals surface area contributed by atoms with E-state index < -0.39 is 5.97 Å². The Balaban J connectivity index is 1.92. The molecule has 2 aliphatic heterocycles. The number of aromatic nitrogens is 1. The predicted molar refractivity (Wildman–Crippen MR) is 82.0 cm³/mol. The topological polar surface area (TPSA) is 56.7 Å². The van der Waals surface area contributed by atoms with Crippen LogP contribution < -0.4 is 4.90 Å². The van der Waals surface area contributed by atoms with Crippen molar-refractivity contribution in [1.29, 1.82) is 0 Å². The van der Waals surface area contributed by atoms with Crippen molar-refractivity contribution in [1.82, 2.24) is 9.88 Å². The Kier molecular flexibility index (Phi) is 3.85. The molecule has 2 saturated heterocycles. The van der Waals surface area contributed by atoms with Crippen molar-refractivity contribution in [3.63, 3.8) is 0 Å².